The van der Waals surface area contributed by atoms with Crippen molar-refractivity contribution in [3.05, 3.63) is 247 Å². The fourth-order valence-electron chi connectivity index (χ4n) is 9.27. The molecule has 0 radical (unpaired) electrons. The zero-order chi connectivity index (χ0) is 37.8. The van der Waals surface area contributed by atoms with Gasteiger partial charge in [0.2, 0.25) is 0 Å². The molecule has 268 valence electrons. The van der Waals surface area contributed by atoms with Gasteiger partial charge in [-0.1, -0.05) is 182 Å². The smallest absolute Gasteiger partial charge is 0.137 e. The van der Waals surface area contributed by atoms with Crippen LogP contribution in [0.3, 0.4) is 0 Å². The fraction of sp³-hybridized carbons (Fsp3) is 0.0182. The quantitative estimate of drug-likeness (QED) is 0.163. The van der Waals surface area contributed by atoms with E-state index < -0.39 is 5.41 Å². The largest absolute Gasteiger partial charge is 0.456 e. The highest BCUT2D eigenvalue weighted by atomic mass is 16.3. The lowest BCUT2D eigenvalue weighted by Gasteiger charge is -2.34. The number of benzene rings is 9. The molecule has 2 heteroatoms. The summed E-state index contributed by atoms with van der Waals surface area (Å²) in [5.41, 5.74) is 16.4. The van der Waals surface area contributed by atoms with E-state index in [-0.39, 0.29) is 0 Å². The molecular formula is C55H37NO. The Labute approximate surface area is 332 Å². The van der Waals surface area contributed by atoms with Crippen molar-refractivity contribution in [2.24, 2.45) is 0 Å². The first kappa shape index (κ1) is 33.0. The van der Waals surface area contributed by atoms with Gasteiger partial charge in [0, 0.05) is 22.3 Å². The molecule has 0 fully saturated rings. The standard InChI is InChI=1S/C55H37NO/c1-6-18-38(19-7-1)40-30-33-45(34-31-40)56(44-26-14-5-15-27-44)54-52-47-36-41(39-20-8-2-9-21-39)32-35-48(47)55(42-22-10-3-11-23-42,43-24-12-4-13-25-43)49(52)37-51-53(54)46-28-16-17-29-50(46)57-51/h1-37H. The second-order valence-corrected chi connectivity index (χ2v) is 14.8. The van der Waals surface area contributed by atoms with Crippen LogP contribution >= 0.6 is 0 Å². The second kappa shape index (κ2) is 13.4. The predicted octanol–water partition coefficient (Wildman–Crippen LogP) is 14.8. The number of furan rings is 1. The van der Waals surface area contributed by atoms with Crippen molar-refractivity contribution in [2.45, 2.75) is 5.41 Å². The molecule has 0 amide bonds. The Bertz CT molecular complexity index is 2990. The number of anilines is 3. The van der Waals surface area contributed by atoms with Crippen LogP contribution in [0.5, 0.6) is 0 Å². The maximum atomic E-state index is 6.95. The van der Waals surface area contributed by atoms with Crippen molar-refractivity contribution < 1.29 is 4.42 Å². The summed E-state index contributed by atoms with van der Waals surface area (Å²) in [6.07, 6.45) is 0. The van der Waals surface area contributed by atoms with E-state index in [1.165, 1.54) is 55.6 Å². The summed E-state index contributed by atoms with van der Waals surface area (Å²) >= 11 is 0. The number of para-hydroxylation sites is 2. The van der Waals surface area contributed by atoms with Crippen molar-refractivity contribution in [2.75, 3.05) is 4.90 Å². The lowest BCUT2D eigenvalue weighted by atomic mass is 9.67. The molecule has 0 saturated carbocycles. The van der Waals surface area contributed by atoms with Gasteiger partial charge in [-0.15, -0.1) is 0 Å². The molecule has 1 aliphatic carbocycles. The van der Waals surface area contributed by atoms with Crippen LogP contribution in [0.1, 0.15) is 22.3 Å². The fourth-order valence-corrected chi connectivity index (χ4v) is 9.27. The van der Waals surface area contributed by atoms with Gasteiger partial charge < -0.3 is 9.32 Å². The zero-order valence-corrected chi connectivity index (χ0v) is 31.2. The summed E-state index contributed by atoms with van der Waals surface area (Å²) < 4.78 is 6.95. The number of hydrogen-bond acceptors (Lipinski definition) is 2. The van der Waals surface area contributed by atoms with E-state index in [1.54, 1.807) is 0 Å². The van der Waals surface area contributed by atoms with Crippen LogP contribution in [-0.2, 0) is 5.41 Å². The SMILES string of the molecule is c1ccc(-c2ccc(N(c3ccccc3)c3c4c(cc5oc6ccccc6c35)C(c3ccccc3)(c3ccccc3)c3ccc(-c5ccccc5)cc3-4)cc2)cc1. The topological polar surface area (TPSA) is 16.4 Å². The third-order valence-corrected chi connectivity index (χ3v) is 11.7. The molecule has 10 aromatic rings. The summed E-state index contributed by atoms with van der Waals surface area (Å²) in [5.74, 6) is 0. The van der Waals surface area contributed by atoms with Gasteiger partial charge in [-0.2, -0.15) is 0 Å². The van der Waals surface area contributed by atoms with E-state index in [0.29, 0.717) is 0 Å². The van der Waals surface area contributed by atoms with Gasteiger partial charge in [0.1, 0.15) is 11.2 Å². The highest BCUT2D eigenvalue weighted by Gasteiger charge is 2.48. The molecule has 1 aromatic heterocycles. The molecule has 0 unspecified atom stereocenters. The van der Waals surface area contributed by atoms with Gasteiger partial charge in [-0.3, -0.25) is 0 Å². The minimum Gasteiger partial charge on any atom is -0.456 e. The molecule has 0 bridgehead atoms. The first-order chi connectivity index (χ1) is 28.3. The number of fused-ring (bicyclic) bond motifs is 6. The highest BCUT2D eigenvalue weighted by Crippen LogP contribution is 2.62. The molecule has 1 aliphatic rings. The van der Waals surface area contributed by atoms with Crippen molar-refractivity contribution in [3.63, 3.8) is 0 Å². The van der Waals surface area contributed by atoms with Crippen molar-refractivity contribution in [1.82, 2.24) is 0 Å². The van der Waals surface area contributed by atoms with Crippen LogP contribution in [0.4, 0.5) is 17.1 Å². The molecule has 0 saturated heterocycles. The minimum absolute atomic E-state index is 0.635. The average molecular weight is 728 g/mol. The number of rotatable bonds is 7. The molecule has 0 spiro atoms. The molecule has 57 heavy (non-hydrogen) atoms. The Balaban J connectivity index is 1.32. The van der Waals surface area contributed by atoms with Crippen LogP contribution in [0.15, 0.2) is 229 Å². The van der Waals surface area contributed by atoms with E-state index in [9.17, 15) is 0 Å². The van der Waals surface area contributed by atoms with Gasteiger partial charge in [-0.25, -0.2) is 0 Å². The van der Waals surface area contributed by atoms with Crippen LogP contribution in [0.25, 0.3) is 55.3 Å². The summed E-state index contributed by atoms with van der Waals surface area (Å²) in [4.78, 5) is 2.46. The van der Waals surface area contributed by atoms with Crippen LogP contribution < -0.4 is 4.90 Å². The van der Waals surface area contributed by atoms with Crippen LogP contribution in [-0.4, -0.2) is 0 Å². The van der Waals surface area contributed by atoms with E-state index in [2.05, 4.69) is 229 Å². The Morgan fingerprint density at radius 2 is 0.860 bits per heavy atom. The van der Waals surface area contributed by atoms with Gasteiger partial charge in [0.25, 0.3) is 0 Å². The summed E-state index contributed by atoms with van der Waals surface area (Å²) in [7, 11) is 0. The normalized spacial score (nSPS) is 12.7. The van der Waals surface area contributed by atoms with Gasteiger partial charge in [-0.05, 0) is 92.5 Å². The van der Waals surface area contributed by atoms with Crippen LogP contribution in [0.2, 0.25) is 0 Å². The van der Waals surface area contributed by atoms with Gasteiger partial charge in [0.15, 0.2) is 0 Å². The maximum Gasteiger partial charge on any atom is 0.137 e. The van der Waals surface area contributed by atoms with Crippen molar-refractivity contribution in [3.8, 4) is 33.4 Å². The Morgan fingerprint density at radius 1 is 0.368 bits per heavy atom. The third-order valence-electron chi connectivity index (χ3n) is 11.7. The second-order valence-electron chi connectivity index (χ2n) is 14.8. The third kappa shape index (κ3) is 5.18. The van der Waals surface area contributed by atoms with Crippen molar-refractivity contribution in [1.29, 1.82) is 0 Å². The summed E-state index contributed by atoms with van der Waals surface area (Å²) in [5, 5.41) is 2.18. The van der Waals surface area contributed by atoms with Gasteiger partial charge >= 0.3 is 0 Å². The Kier molecular flexibility index (Phi) is 7.75. The molecule has 9 aromatic carbocycles. The van der Waals surface area contributed by atoms with E-state index in [0.717, 1.165) is 39.0 Å². The summed E-state index contributed by atoms with van der Waals surface area (Å²) in [6.45, 7) is 0. The lowest BCUT2D eigenvalue weighted by Crippen LogP contribution is -2.28. The first-order valence-corrected chi connectivity index (χ1v) is 19.6. The molecule has 0 N–H and O–H groups in total. The van der Waals surface area contributed by atoms with Crippen molar-refractivity contribution >= 4 is 39.0 Å². The minimum atomic E-state index is -0.635. The van der Waals surface area contributed by atoms with E-state index in [1.807, 2.05) is 0 Å². The number of hydrogen-bond donors (Lipinski definition) is 0. The molecule has 11 rings (SSSR count). The zero-order valence-electron chi connectivity index (χ0n) is 31.2. The Morgan fingerprint density at radius 3 is 1.49 bits per heavy atom. The van der Waals surface area contributed by atoms with E-state index in [4.69, 9.17) is 4.42 Å². The molecule has 2 nitrogen and oxygen atoms in total. The monoisotopic (exact) mass is 727 g/mol. The average Bonchev–Trinajstić information content (AvgIpc) is 3.81. The molecular weight excluding hydrogens is 691 g/mol. The number of nitrogens with zero attached hydrogens (tertiary/aromatic N) is 1. The predicted molar refractivity (Wildman–Crippen MR) is 237 cm³/mol. The summed E-state index contributed by atoms with van der Waals surface area (Å²) in [6, 6.07) is 81.1. The molecule has 1 heterocycles. The van der Waals surface area contributed by atoms with Crippen LogP contribution in [0, 0.1) is 0 Å². The maximum absolute atomic E-state index is 6.95. The highest BCUT2D eigenvalue weighted by molar-refractivity contribution is 6.19. The van der Waals surface area contributed by atoms with Gasteiger partial charge in [0.05, 0.1) is 16.5 Å². The van der Waals surface area contributed by atoms with E-state index >= 15 is 0 Å². The lowest BCUT2D eigenvalue weighted by molar-refractivity contribution is 0.666. The first-order valence-electron chi connectivity index (χ1n) is 19.6. The molecule has 0 atom stereocenters. The molecule has 0 aliphatic heterocycles. The Hall–Kier alpha value is -7.42.